The third kappa shape index (κ3) is 7.69. The third-order valence-electron chi connectivity index (χ3n) is 9.59. The number of nitriles is 1. The van der Waals surface area contributed by atoms with Gasteiger partial charge >= 0.3 is 0 Å². The van der Waals surface area contributed by atoms with E-state index >= 15 is 0 Å². The summed E-state index contributed by atoms with van der Waals surface area (Å²) >= 11 is 7.66. The van der Waals surface area contributed by atoms with Crippen molar-refractivity contribution in [1.82, 2.24) is 35.6 Å². The SMILES string of the molecule is Cc1c(CC#N)sc2c1C(c1ccc(Cl)cc1)=N/C(=C/C(=O)NCCCCNC(=O)COc1cccc3c1C(=O)N(C1CCC(=O)NC1=O)C3=O)c1nnc(C)n1-2. The number of halogens is 1. The van der Waals surface area contributed by atoms with Gasteiger partial charge in [-0.15, -0.1) is 21.5 Å². The van der Waals surface area contributed by atoms with Crippen molar-refractivity contribution >= 4 is 69.8 Å². The van der Waals surface area contributed by atoms with Crippen LogP contribution in [0, 0.1) is 25.2 Å². The lowest BCUT2D eigenvalue weighted by molar-refractivity contribution is -0.136. The summed E-state index contributed by atoms with van der Waals surface area (Å²) < 4.78 is 7.49. The molecule has 0 saturated carbocycles. The number of nitrogens with zero attached hydrogens (tertiary/aromatic N) is 6. The second kappa shape index (κ2) is 16.3. The lowest BCUT2D eigenvalue weighted by Gasteiger charge is -2.27. The summed E-state index contributed by atoms with van der Waals surface area (Å²) in [5.41, 5.74) is 3.40. The van der Waals surface area contributed by atoms with Gasteiger partial charge in [-0.3, -0.25) is 43.6 Å². The number of ether oxygens (including phenoxy) is 1. The number of hydrogen-bond acceptors (Lipinski definition) is 12. The summed E-state index contributed by atoms with van der Waals surface area (Å²) in [5.74, 6) is -2.48. The molecule has 5 heterocycles. The lowest BCUT2D eigenvalue weighted by Crippen LogP contribution is -2.54. The molecular weight excluding hydrogens is 774 g/mol. The van der Waals surface area contributed by atoms with Crippen molar-refractivity contribution < 1.29 is 33.5 Å². The van der Waals surface area contributed by atoms with Crippen LogP contribution in [0.3, 0.4) is 0 Å². The van der Waals surface area contributed by atoms with E-state index in [0.717, 1.165) is 31.5 Å². The number of aryl methyl sites for hydroxylation is 1. The molecule has 0 radical (unpaired) electrons. The van der Waals surface area contributed by atoms with Crippen molar-refractivity contribution in [3.63, 3.8) is 0 Å². The van der Waals surface area contributed by atoms with Crippen molar-refractivity contribution in [3.05, 3.63) is 97.9 Å². The minimum Gasteiger partial charge on any atom is -0.483 e. The molecule has 6 amide bonds. The predicted octanol–water partition coefficient (Wildman–Crippen LogP) is 3.35. The van der Waals surface area contributed by atoms with Crippen LogP contribution in [0.25, 0.3) is 10.7 Å². The number of nitrogens with one attached hydrogen (secondary N) is 3. The number of aromatic nitrogens is 3. The fraction of sp³-hybridized carbons (Fsp3) is 0.282. The molecule has 0 bridgehead atoms. The molecule has 1 fully saturated rings. The summed E-state index contributed by atoms with van der Waals surface area (Å²) in [6.07, 6.45) is 2.66. The molecule has 16 nitrogen and oxygen atoms in total. The van der Waals surface area contributed by atoms with Crippen LogP contribution < -0.4 is 20.7 Å². The van der Waals surface area contributed by atoms with Crippen LogP contribution in [0.4, 0.5) is 0 Å². The van der Waals surface area contributed by atoms with Crippen LogP contribution in [0.1, 0.15) is 79.6 Å². The van der Waals surface area contributed by atoms with Gasteiger partial charge in [0.1, 0.15) is 28.3 Å². The summed E-state index contributed by atoms with van der Waals surface area (Å²) in [5, 5.41) is 27.2. The molecule has 1 saturated heterocycles. The average Bonchev–Trinajstić information content (AvgIpc) is 3.77. The normalized spacial score (nSPS) is 16.6. The van der Waals surface area contributed by atoms with E-state index in [-0.39, 0.29) is 42.7 Å². The zero-order valence-corrected chi connectivity index (χ0v) is 32.3. The topological polar surface area (TPSA) is 218 Å². The van der Waals surface area contributed by atoms with Crippen LogP contribution >= 0.6 is 22.9 Å². The number of thiophene rings is 1. The smallest absolute Gasteiger partial charge is 0.266 e. The highest BCUT2D eigenvalue weighted by Crippen LogP contribution is 2.39. The first kappa shape index (κ1) is 38.8. The van der Waals surface area contributed by atoms with E-state index in [4.69, 9.17) is 21.3 Å². The van der Waals surface area contributed by atoms with Crippen LogP contribution in [0.2, 0.25) is 5.02 Å². The molecule has 7 rings (SSSR count). The van der Waals surface area contributed by atoms with Gasteiger partial charge in [-0.25, -0.2) is 4.99 Å². The van der Waals surface area contributed by atoms with Crippen LogP contribution in [-0.4, -0.2) is 86.6 Å². The summed E-state index contributed by atoms with van der Waals surface area (Å²) in [7, 11) is 0. The maximum absolute atomic E-state index is 13.3. The van der Waals surface area contributed by atoms with Crippen molar-refractivity contribution in [2.75, 3.05) is 19.7 Å². The highest BCUT2D eigenvalue weighted by molar-refractivity contribution is 7.15. The standard InChI is InChI=1S/C39H34ClN9O7S/c1-20-28(14-15-41)57-39-32(20)34(22-8-10-23(40)11-9-22)44-25(35-47-46-21(2)48(35)39)18-30(51)42-16-3-4-17-43-31(52)19-56-27-7-5-6-24-33(27)38(55)49(37(24)54)26-12-13-29(50)45-36(26)53/h5-11,18,26H,3-4,12-14,16-17,19H2,1-2H3,(H,42,51)(H,43,52)(H,45,50,53)/b25-18+. The highest BCUT2D eigenvalue weighted by Gasteiger charge is 2.46. The van der Waals surface area contributed by atoms with Gasteiger partial charge in [0.2, 0.25) is 17.7 Å². The number of benzene rings is 2. The molecule has 57 heavy (non-hydrogen) atoms. The molecule has 1 unspecified atom stereocenters. The summed E-state index contributed by atoms with van der Waals surface area (Å²) in [6, 6.07) is 12.7. The maximum Gasteiger partial charge on any atom is 0.266 e. The Morgan fingerprint density at radius 2 is 1.79 bits per heavy atom. The van der Waals surface area contributed by atoms with Gasteiger partial charge in [-0.05, 0) is 62.9 Å². The zero-order chi connectivity index (χ0) is 40.4. The molecule has 4 aromatic rings. The molecule has 18 heteroatoms. The number of aliphatic imine (C=N–C) groups is 1. The second-order valence-electron chi connectivity index (χ2n) is 13.3. The third-order valence-corrected chi connectivity index (χ3v) is 11.1. The number of hydrogen-bond donors (Lipinski definition) is 3. The zero-order valence-electron chi connectivity index (χ0n) is 30.7. The molecule has 1 atom stereocenters. The number of imide groups is 2. The quantitative estimate of drug-likeness (QED) is 0.108. The molecular formula is C39H34ClN9O7S. The maximum atomic E-state index is 13.3. The number of rotatable bonds is 12. The fourth-order valence-corrected chi connectivity index (χ4v) is 8.21. The molecule has 2 aromatic carbocycles. The van der Waals surface area contributed by atoms with Gasteiger partial charge < -0.3 is 15.4 Å². The highest BCUT2D eigenvalue weighted by atomic mass is 35.5. The largest absolute Gasteiger partial charge is 0.483 e. The molecule has 0 spiro atoms. The summed E-state index contributed by atoms with van der Waals surface area (Å²) in [6.45, 7) is 3.90. The second-order valence-corrected chi connectivity index (χ2v) is 14.9. The van der Waals surface area contributed by atoms with Gasteiger partial charge in [0.25, 0.3) is 17.7 Å². The number of carbonyl (C=O) groups excluding carboxylic acids is 6. The number of fused-ring (bicyclic) bond motifs is 4. The Kier molecular flexibility index (Phi) is 11.1. The van der Waals surface area contributed by atoms with Gasteiger partial charge in [-0.1, -0.05) is 29.8 Å². The van der Waals surface area contributed by atoms with Gasteiger partial charge in [-0.2, -0.15) is 5.26 Å². The van der Waals surface area contributed by atoms with Crippen LogP contribution in [0.15, 0.2) is 53.5 Å². The molecule has 290 valence electrons. The fourth-order valence-electron chi connectivity index (χ4n) is 6.80. The van der Waals surface area contributed by atoms with E-state index in [1.54, 1.807) is 12.1 Å². The van der Waals surface area contributed by atoms with E-state index in [1.165, 1.54) is 35.6 Å². The Morgan fingerprint density at radius 3 is 2.53 bits per heavy atom. The molecule has 0 aliphatic carbocycles. The van der Waals surface area contributed by atoms with Gasteiger partial charge in [0.15, 0.2) is 12.4 Å². The number of unbranched alkanes of at least 4 members (excludes halogenated alkanes) is 1. The molecule has 2 aromatic heterocycles. The van der Waals surface area contributed by atoms with E-state index in [0.29, 0.717) is 47.5 Å². The Morgan fingerprint density at radius 1 is 1.04 bits per heavy atom. The van der Waals surface area contributed by atoms with E-state index < -0.39 is 48.1 Å². The minimum absolute atomic E-state index is 0.00653. The average molecular weight is 808 g/mol. The van der Waals surface area contributed by atoms with Crippen molar-refractivity contribution in [1.29, 1.82) is 5.26 Å². The van der Waals surface area contributed by atoms with E-state index in [9.17, 15) is 34.0 Å². The number of carbonyl (C=O) groups is 6. The molecule has 3 aliphatic heterocycles. The van der Waals surface area contributed by atoms with Crippen LogP contribution in [0.5, 0.6) is 5.75 Å². The first-order valence-corrected chi connectivity index (χ1v) is 19.2. The minimum atomic E-state index is -1.12. The van der Waals surface area contributed by atoms with Crippen LogP contribution in [-0.2, 0) is 25.6 Å². The van der Waals surface area contributed by atoms with Gasteiger partial charge in [0, 0.05) is 46.6 Å². The Labute approximate surface area is 334 Å². The molecule has 3 aliphatic rings. The van der Waals surface area contributed by atoms with Crippen molar-refractivity contribution in [2.45, 2.75) is 52.0 Å². The number of amides is 6. The van der Waals surface area contributed by atoms with Gasteiger partial charge in [0.05, 0.1) is 29.3 Å². The lowest BCUT2D eigenvalue weighted by atomic mass is 9.99. The monoisotopic (exact) mass is 807 g/mol. The Bertz CT molecular complexity index is 2460. The van der Waals surface area contributed by atoms with Crippen molar-refractivity contribution in [2.24, 2.45) is 4.99 Å². The summed E-state index contributed by atoms with van der Waals surface area (Å²) in [4.78, 5) is 82.8. The predicted molar refractivity (Wildman–Crippen MR) is 207 cm³/mol. The van der Waals surface area contributed by atoms with E-state index in [1.807, 2.05) is 30.5 Å². The Hall–Kier alpha value is -6.51. The number of piperidine rings is 1. The Balaban J connectivity index is 0.946. The van der Waals surface area contributed by atoms with E-state index in [2.05, 4.69) is 32.2 Å². The first-order valence-electron chi connectivity index (χ1n) is 18.0. The first-order chi connectivity index (χ1) is 27.5. The molecule has 3 N–H and O–H groups in total. The van der Waals surface area contributed by atoms with Crippen molar-refractivity contribution in [3.8, 4) is 16.8 Å².